The first kappa shape index (κ1) is 20.4. The van der Waals surface area contributed by atoms with E-state index in [-0.39, 0.29) is 46.2 Å². The average Bonchev–Trinajstić information content (AvgIpc) is 2.73. The molecule has 160 valence electrons. The van der Waals surface area contributed by atoms with Crippen molar-refractivity contribution in [3.8, 4) is 5.75 Å². The van der Waals surface area contributed by atoms with Gasteiger partial charge in [-0.05, 0) is 37.2 Å². The van der Waals surface area contributed by atoms with Crippen molar-refractivity contribution in [2.24, 2.45) is 11.8 Å². The van der Waals surface area contributed by atoms with Crippen LogP contribution in [0.2, 0.25) is 0 Å². The van der Waals surface area contributed by atoms with Gasteiger partial charge in [0.1, 0.15) is 5.69 Å². The minimum atomic E-state index is -0.316. The van der Waals surface area contributed by atoms with Gasteiger partial charge in [0.25, 0.3) is 11.5 Å². The molecule has 0 spiro atoms. The van der Waals surface area contributed by atoms with Crippen LogP contribution in [0, 0.1) is 11.8 Å². The third-order valence-electron chi connectivity index (χ3n) is 6.45. The van der Waals surface area contributed by atoms with E-state index in [1.807, 2.05) is 21.6 Å². The molecule has 0 saturated carbocycles. The number of methoxy groups -OCH3 is 1. The van der Waals surface area contributed by atoms with Crippen LogP contribution < -0.4 is 15.7 Å². The zero-order valence-corrected chi connectivity index (χ0v) is 17.8. The Bertz CT molecular complexity index is 1050. The number of carbonyl (C=O) groups is 1. The SMILES string of the molecule is COc1c[nH]c(C(=O)N2C[C@H]3C[C@@H](C2)[C@H](CCC(C)C)n2c3cccc2=O)cc1=O. The monoisotopic (exact) mass is 411 g/mol. The van der Waals surface area contributed by atoms with E-state index in [4.69, 9.17) is 4.74 Å². The van der Waals surface area contributed by atoms with Gasteiger partial charge >= 0.3 is 0 Å². The fourth-order valence-corrected chi connectivity index (χ4v) is 4.99. The number of aromatic amines is 1. The first-order chi connectivity index (χ1) is 14.4. The summed E-state index contributed by atoms with van der Waals surface area (Å²) in [6.07, 6.45) is 4.37. The smallest absolute Gasteiger partial charge is 0.270 e. The van der Waals surface area contributed by atoms with Crippen molar-refractivity contribution in [3.63, 3.8) is 0 Å². The van der Waals surface area contributed by atoms with Crippen molar-refractivity contribution >= 4 is 5.91 Å². The van der Waals surface area contributed by atoms with Crippen LogP contribution >= 0.6 is 0 Å². The number of nitrogens with one attached hydrogen (secondary N) is 1. The van der Waals surface area contributed by atoms with Gasteiger partial charge in [0.15, 0.2) is 5.75 Å². The molecule has 0 unspecified atom stereocenters. The Hall–Kier alpha value is -2.83. The number of carbonyl (C=O) groups excluding carboxylic acids is 1. The largest absolute Gasteiger partial charge is 0.491 e. The Morgan fingerprint density at radius 2 is 2.07 bits per heavy atom. The first-order valence-corrected chi connectivity index (χ1v) is 10.7. The summed E-state index contributed by atoms with van der Waals surface area (Å²) in [5.41, 5.74) is 1.02. The summed E-state index contributed by atoms with van der Waals surface area (Å²) in [5, 5.41) is 0. The zero-order chi connectivity index (χ0) is 21.4. The lowest BCUT2D eigenvalue weighted by Gasteiger charge is -2.47. The molecule has 2 aliphatic rings. The van der Waals surface area contributed by atoms with Gasteiger partial charge in [-0.2, -0.15) is 0 Å². The second-order valence-corrected chi connectivity index (χ2v) is 8.88. The van der Waals surface area contributed by atoms with Gasteiger partial charge in [0.05, 0.1) is 7.11 Å². The number of H-pyrrole nitrogens is 1. The number of likely N-dealkylation sites (tertiary alicyclic amines) is 1. The predicted molar refractivity (Wildman–Crippen MR) is 114 cm³/mol. The van der Waals surface area contributed by atoms with Gasteiger partial charge in [-0.25, -0.2) is 0 Å². The lowest BCUT2D eigenvalue weighted by atomic mass is 9.76. The Morgan fingerprint density at radius 1 is 1.27 bits per heavy atom. The van der Waals surface area contributed by atoms with Gasteiger partial charge < -0.3 is 19.2 Å². The maximum Gasteiger partial charge on any atom is 0.270 e. The highest BCUT2D eigenvalue weighted by atomic mass is 16.5. The van der Waals surface area contributed by atoms with E-state index in [0.717, 1.165) is 25.0 Å². The number of fused-ring (bicyclic) bond motifs is 4. The average molecular weight is 412 g/mol. The Kier molecular flexibility index (Phi) is 5.54. The van der Waals surface area contributed by atoms with Crippen molar-refractivity contribution in [1.29, 1.82) is 0 Å². The summed E-state index contributed by atoms with van der Waals surface area (Å²) >= 11 is 0. The van der Waals surface area contributed by atoms with E-state index in [1.165, 1.54) is 19.4 Å². The van der Waals surface area contributed by atoms with E-state index < -0.39 is 0 Å². The number of aromatic nitrogens is 2. The van der Waals surface area contributed by atoms with Crippen LogP contribution in [0.25, 0.3) is 0 Å². The van der Waals surface area contributed by atoms with Crippen molar-refractivity contribution in [2.75, 3.05) is 20.2 Å². The van der Waals surface area contributed by atoms with Gasteiger partial charge in [0, 0.05) is 49.1 Å². The molecule has 3 atom stereocenters. The first-order valence-electron chi connectivity index (χ1n) is 10.7. The summed E-state index contributed by atoms with van der Waals surface area (Å²) in [6.45, 7) is 5.52. The second-order valence-electron chi connectivity index (χ2n) is 8.88. The van der Waals surface area contributed by atoms with E-state index >= 15 is 0 Å². The molecule has 4 rings (SSSR count). The standard InChI is InChI=1S/C23H29N3O4/c1-14(2)7-8-19-16-9-15(18-5-4-6-22(28)26(18)19)12-25(13-16)23(29)17-10-20(27)21(30-3)11-24-17/h4-6,10-11,14-16,19H,7-9,12-13H2,1-3H3,(H,24,27)/t15-,16+,19+/m1/s1. The Labute approximate surface area is 175 Å². The lowest BCUT2D eigenvalue weighted by Crippen LogP contribution is -2.51. The van der Waals surface area contributed by atoms with Crippen molar-refractivity contribution in [1.82, 2.24) is 14.5 Å². The molecule has 30 heavy (non-hydrogen) atoms. The number of nitrogens with zero attached hydrogens (tertiary/aromatic N) is 2. The fraction of sp³-hybridized carbons (Fsp3) is 0.522. The molecule has 0 radical (unpaired) electrons. The summed E-state index contributed by atoms with van der Waals surface area (Å²) in [6, 6.07) is 6.87. The minimum Gasteiger partial charge on any atom is -0.491 e. The quantitative estimate of drug-likeness (QED) is 0.820. The molecule has 2 bridgehead atoms. The Balaban J connectivity index is 1.65. The molecule has 2 aliphatic heterocycles. The van der Waals surface area contributed by atoms with Crippen LogP contribution in [0.1, 0.15) is 61.3 Å². The molecule has 7 nitrogen and oxygen atoms in total. The predicted octanol–water partition coefficient (Wildman–Crippen LogP) is 2.78. The molecule has 2 aromatic heterocycles. The number of pyridine rings is 2. The molecule has 0 aromatic carbocycles. The topological polar surface area (TPSA) is 84.4 Å². The normalized spacial score (nSPS) is 22.7. The molecule has 7 heteroatoms. The van der Waals surface area contributed by atoms with E-state index in [0.29, 0.717) is 19.0 Å². The summed E-state index contributed by atoms with van der Waals surface area (Å²) in [5.74, 6) is 0.907. The van der Waals surface area contributed by atoms with E-state index in [1.54, 1.807) is 6.07 Å². The van der Waals surface area contributed by atoms with Gasteiger partial charge in [-0.15, -0.1) is 0 Å². The number of hydrogen-bond donors (Lipinski definition) is 1. The van der Waals surface area contributed by atoms with Crippen molar-refractivity contribution in [2.45, 2.75) is 45.1 Å². The fourth-order valence-electron chi connectivity index (χ4n) is 4.99. The number of ether oxygens (including phenoxy) is 1. The summed E-state index contributed by atoms with van der Waals surface area (Å²) in [4.78, 5) is 42.7. The molecular weight excluding hydrogens is 382 g/mol. The molecule has 1 amide bonds. The van der Waals surface area contributed by atoms with Gasteiger partial charge in [-0.3, -0.25) is 14.4 Å². The van der Waals surface area contributed by atoms with Gasteiger partial charge in [-0.1, -0.05) is 19.9 Å². The zero-order valence-electron chi connectivity index (χ0n) is 17.8. The Morgan fingerprint density at radius 3 is 2.77 bits per heavy atom. The highest BCUT2D eigenvalue weighted by molar-refractivity contribution is 5.92. The molecule has 2 aromatic rings. The molecule has 1 fully saturated rings. The van der Waals surface area contributed by atoms with Crippen LogP contribution in [0.4, 0.5) is 0 Å². The lowest BCUT2D eigenvalue weighted by molar-refractivity contribution is 0.0508. The maximum atomic E-state index is 13.2. The maximum absolute atomic E-state index is 13.2. The molecular formula is C23H29N3O4. The van der Waals surface area contributed by atoms with Crippen molar-refractivity contribution in [3.05, 3.63) is 62.4 Å². The second kappa shape index (κ2) is 8.13. The highest BCUT2D eigenvalue weighted by Gasteiger charge is 2.41. The van der Waals surface area contributed by atoms with Crippen LogP contribution in [-0.4, -0.2) is 40.6 Å². The summed E-state index contributed by atoms with van der Waals surface area (Å²) in [7, 11) is 1.43. The molecule has 0 aliphatic carbocycles. The summed E-state index contributed by atoms with van der Waals surface area (Å²) < 4.78 is 6.98. The van der Waals surface area contributed by atoms with Crippen LogP contribution in [0.5, 0.6) is 5.75 Å². The third kappa shape index (κ3) is 3.68. The number of piperidine rings is 1. The van der Waals surface area contributed by atoms with Crippen LogP contribution in [0.15, 0.2) is 40.1 Å². The highest BCUT2D eigenvalue weighted by Crippen LogP contribution is 2.43. The van der Waals surface area contributed by atoms with E-state index in [9.17, 15) is 14.4 Å². The number of amides is 1. The van der Waals surface area contributed by atoms with Crippen LogP contribution in [0.3, 0.4) is 0 Å². The van der Waals surface area contributed by atoms with Gasteiger partial charge in [0.2, 0.25) is 5.43 Å². The third-order valence-corrected chi connectivity index (χ3v) is 6.45. The van der Waals surface area contributed by atoms with Crippen LogP contribution in [-0.2, 0) is 0 Å². The molecule has 1 N–H and O–H groups in total. The molecule has 4 heterocycles. The molecule has 1 saturated heterocycles. The van der Waals surface area contributed by atoms with Crippen molar-refractivity contribution < 1.29 is 9.53 Å². The number of hydrogen-bond acceptors (Lipinski definition) is 4. The number of rotatable bonds is 5. The minimum absolute atomic E-state index is 0.0511. The van der Waals surface area contributed by atoms with E-state index in [2.05, 4.69) is 18.8 Å².